The molecule has 0 aliphatic carbocycles. The summed E-state index contributed by atoms with van der Waals surface area (Å²) in [6, 6.07) is 4.03. The SMILES string of the molecule is Brc1cccs1.OBO. The maximum atomic E-state index is 7.12. The van der Waals surface area contributed by atoms with E-state index in [2.05, 4.69) is 15.9 Å². The molecule has 1 rings (SSSR count). The molecule has 2 nitrogen and oxygen atoms in total. The minimum absolute atomic E-state index is 0.750. The smallest absolute Gasteiger partial charge is 0.430 e. The minimum Gasteiger partial charge on any atom is -0.430 e. The number of hydrogen-bond donors (Lipinski definition) is 2. The van der Waals surface area contributed by atoms with Gasteiger partial charge < -0.3 is 10.0 Å². The van der Waals surface area contributed by atoms with E-state index in [4.69, 9.17) is 10.0 Å². The van der Waals surface area contributed by atoms with Crippen LogP contribution >= 0.6 is 27.3 Å². The van der Waals surface area contributed by atoms with E-state index in [1.807, 2.05) is 17.5 Å². The first-order valence-electron chi connectivity index (χ1n) is 2.22. The van der Waals surface area contributed by atoms with Crippen LogP contribution in [0, 0.1) is 0 Å². The summed E-state index contributed by atoms with van der Waals surface area (Å²) in [4.78, 5) is 0. The number of rotatable bonds is 0. The van der Waals surface area contributed by atoms with Crippen molar-refractivity contribution in [2.75, 3.05) is 0 Å². The summed E-state index contributed by atoms with van der Waals surface area (Å²) < 4.78 is 1.20. The van der Waals surface area contributed by atoms with Gasteiger partial charge in [-0.15, -0.1) is 11.3 Å². The normalized spacial score (nSPS) is 7.44. The van der Waals surface area contributed by atoms with E-state index in [1.54, 1.807) is 11.3 Å². The van der Waals surface area contributed by atoms with Gasteiger partial charge in [-0.25, -0.2) is 0 Å². The molecule has 50 valence electrons. The summed E-state index contributed by atoms with van der Waals surface area (Å²) in [5.41, 5.74) is 0. The molecule has 0 aromatic carbocycles. The van der Waals surface area contributed by atoms with Crippen molar-refractivity contribution in [2.24, 2.45) is 0 Å². The van der Waals surface area contributed by atoms with Gasteiger partial charge in [0, 0.05) is 0 Å². The molecule has 5 heteroatoms. The lowest BCUT2D eigenvalue weighted by Gasteiger charge is -1.62. The van der Waals surface area contributed by atoms with Gasteiger partial charge in [0.15, 0.2) is 0 Å². The summed E-state index contributed by atoms with van der Waals surface area (Å²) in [7, 11) is -0.750. The maximum absolute atomic E-state index is 7.12. The van der Waals surface area contributed by atoms with Crippen molar-refractivity contribution in [1.82, 2.24) is 0 Å². The molecule has 1 heterocycles. The molecule has 0 bridgehead atoms. The van der Waals surface area contributed by atoms with Crippen molar-refractivity contribution in [3.63, 3.8) is 0 Å². The van der Waals surface area contributed by atoms with Crippen molar-refractivity contribution < 1.29 is 10.0 Å². The third-order valence-corrected chi connectivity index (χ3v) is 1.97. The van der Waals surface area contributed by atoms with E-state index in [9.17, 15) is 0 Å². The van der Waals surface area contributed by atoms with Gasteiger partial charge in [0.2, 0.25) is 0 Å². The zero-order chi connectivity index (χ0) is 7.11. The molecular weight excluding hydrogens is 203 g/mol. The molecule has 0 spiro atoms. The Hall–Kier alpha value is 0.165. The van der Waals surface area contributed by atoms with Gasteiger partial charge in [-0.3, -0.25) is 0 Å². The highest BCUT2D eigenvalue weighted by Gasteiger charge is 1.77. The third kappa shape index (κ3) is 6.04. The highest BCUT2D eigenvalue weighted by molar-refractivity contribution is 9.11. The number of thiophene rings is 1. The van der Waals surface area contributed by atoms with E-state index >= 15 is 0 Å². The van der Waals surface area contributed by atoms with E-state index in [0.717, 1.165) is 0 Å². The van der Waals surface area contributed by atoms with Crippen molar-refractivity contribution in [3.8, 4) is 0 Å². The molecule has 9 heavy (non-hydrogen) atoms. The van der Waals surface area contributed by atoms with Crippen molar-refractivity contribution in [1.29, 1.82) is 0 Å². The molecule has 0 aliphatic heterocycles. The second kappa shape index (κ2) is 6.29. The first-order valence-corrected chi connectivity index (χ1v) is 3.89. The molecule has 0 radical (unpaired) electrons. The standard InChI is InChI=1S/C4H3BrS.BH3O2/c5-4-2-1-3-6-4;2-1-3/h1-3H;1-3H. The Morgan fingerprint density at radius 3 is 2.22 bits per heavy atom. The molecule has 2 N–H and O–H groups in total. The number of halogens is 1. The van der Waals surface area contributed by atoms with Crippen molar-refractivity contribution >= 4 is 35.0 Å². The molecule has 0 amide bonds. The quantitative estimate of drug-likeness (QED) is 0.618. The van der Waals surface area contributed by atoms with Crippen LogP contribution in [0.3, 0.4) is 0 Å². The summed E-state index contributed by atoms with van der Waals surface area (Å²) >= 11 is 4.99. The predicted molar refractivity (Wildman–Crippen MR) is 43.6 cm³/mol. The summed E-state index contributed by atoms with van der Waals surface area (Å²) in [5.74, 6) is 0. The molecule has 0 saturated carbocycles. The fraction of sp³-hybridized carbons (Fsp3) is 0. The van der Waals surface area contributed by atoms with E-state index in [0.29, 0.717) is 0 Å². The maximum Gasteiger partial charge on any atom is 0.432 e. The van der Waals surface area contributed by atoms with Gasteiger partial charge in [0.05, 0.1) is 3.79 Å². The lowest BCUT2D eigenvalue weighted by Crippen LogP contribution is -1.75. The molecule has 0 unspecified atom stereocenters. The third-order valence-electron chi connectivity index (χ3n) is 0.486. The highest BCUT2D eigenvalue weighted by atomic mass is 79.9. The number of hydrogen-bond acceptors (Lipinski definition) is 3. The van der Waals surface area contributed by atoms with Crippen LogP contribution in [0.25, 0.3) is 0 Å². The molecule has 0 aliphatic rings. The Bertz CT molecular complexity index is 133. The Kier molecular flexibility index (Phi) is 6.40. The molecular formula is C4H6BBrO2S. The van der Waals surface area contributed by atoms with Crippen LogP contribution in [0.15, 0.2) is 21.3 Å². The summed E-state index contributed by atoms with van der Waals surface area (Å²) in [5, 5.41) is 16.3. The van der Waals surface area contributed by atoms with Crippen LogP contribution in [0.4, 0.5) is 0 Å². The van der Waals surface area contributed by atoms with Crippen LogP contribution in [-0.4, -0.2) is 17.7 Å². The van der Waals surface area contributed by atoms with Gasteiger partial charge in [0.1, 0.15) is 0 Å². The van der Waals surface area contributed by atoms with Crippen LogP contribution in [0.2, 0.25) is 0 Å². The largest absolute Gasteiger partial charge is 0.432 e. The van der Waals surface area contributed by atoms with Gasteiger partial charge in [-0.2, -0.15) is 0 Å². The topological polar surface area (TPSA) is 40.5 Å². The second-order valence-corrected chi connectivity index (χ2v) is 3.39. The zero-order valence-corrected chi connectivity index (χ0v) is 7.02. The average Bonchev–Trinajstić information content (AvgIpc) is 2.20. The molecule has 0 atom stereocenters. The Morgan fingerprint density at radius 2 is 2.11 bits per heavy atom. The van der Waals surface area contributed by atoms with Crippen LogP contribution in [0.1, 0.15) is 0 Å². The van der Waals surface area contributed by atoms with Gasteiger partial charge in [-0.05, 0) is 27.4 Å². The zero-order valence-electron chi connectivity index (χ0n) is 4.62. The molecule has 0 fully saturated rings. The lowest BCUT2D eigenvalue weighted by atomic mass is 10.5. The Balaban J connectivity index is 0.000000187. The first-order chi connectivity index (χ1) is 4.31. The summed E-state index contributed by atoms with van der Waals surface area (Å²) in [6.07, 6.45) is 0. The second-order valence-electron chi connectivity index (χ2n) is 1.06. The molecule has 0 saturated heterocycles. The highest BCUT2D eigenvalue weighted by Crippen LogP contribution is 2.14. The summed E-state index contributed by atoms with van der Waals surface area (Å²) in [6.45, 7) is 0. The van der Waals surface area contributed by atoms with E-state index in [-0.39, 0.29) is 0 Å². The van der Waals surface area contributed by atoms with Gasteiger partial charge in [0.25, 0.3) is 0 Å². The predicted octanol–water partition coefficient (Wildman–Crippen LogP) is 0.748. The van der Waals surface area contributed by atoms with Crippen LogP contribution < -0.4 is 0 Å². The van der Waals surface area contributed by atoms with Crippen molar-refractivity contribution in [3.05, 3.63) is 21.3 Å². The van der Waals surface area contributed by atoms with Crippen molar-refractivity contribution in [2.45, 2.75) is 0 Å². The Labute approximate surface area is 66.6 Å². The van der Waals surface area contributed by atoms with Gasteiger partial charge >= 0.3 is 7.69 Å². The molecule has 1 aromatic heterocycles. The van der Waals surface area contributed by atoms with E-state index in [1.165, 1.54) is 3.79 Å². The van der Waals surface area contributed by atoms with Gasteiger partial charge in [-0.1, -0.05) is 6.07 Å². The fourth-order valence-electron chi connectivity index (χ4n) is 0.259. The molecule has 1 aromatic rings. The minimum atomic E-state index is -0.750. The van der Waals surface area contributed by atoms with Crippen LogP contribution in [0.5, 0.6) is 0 Å². The van der Waals surface area contributed by atoms with Crippen LogP contribution in [-0.2, 0) is 0 Å². The van der Waals surface area contributed by atoms with E-state index < -0.39 is 7.69 Å². The first kappa shape index (κ1) is 9.16. The Morgan fingerprint density at radius 1 is 1.56 bits per heavy atom. The average molecular weight is 209 g/mol. The fourth-order valence-corrected chi connectivity index (χ4v) is 1.18. The monoisotopic (exact) mass is 208 g/mol. The lowest BCUT2D eigenvalue weighted by molar-refractivity contribution is 0.448.